The molecule has 9 nitrogen and oxygen atoms in total. The predicted molar refractivity (Wildman–Crippen MR) is 128 cm³/mol. The second-order valence-electron chi connectivity index (χ2n) is 7.42. The van der Waals surface area contributed by atoms with Crippen molar-refractivity contribution in [3.8, 4) is 22.8 Å². The zero-order valence-corrected chi connectivity index (χ0v) is 20.1. The number of hydrogen-bond acceptors (Lipinski definition) is 8. The van der Waals surface area contributed by atoms with Crippen LogP contribution in [0.2, 0.25) is 0 Å². The Balaban J connectivity index is 1.84. The van der Waals surface area contributed by atoms with Crippen molar-refractivity contribution in [2.75, 3.05) is 40.6 Å². The first-order chi connectivity index (χ1) is 17.1. The lowest BCUT2D eigenvalue weighted by Gasteiger charge is -2.18. The van der Waals surface area contributed by atoms with Gasteiger partial charge in [-0.05, 0) is 38.1 Å². The van der Waals surface area contributed by atoms with Crippen molar-refractivity contribution in [3.05, 3.63) is 48.7 Å². The lowest BCUT2D eigenvalue weighted by atomic mass is 10.0. The first-order valence-corrected chi connectivity index (χ1v) is 11.2. The van der Waals surface area contributed by atoms with Gasteiger partial charge in [0.1, 0.15) is 18.8 Å². The third-order valence-electron chi connectivity index (χ3n) is 5.26. The van der Waals surface area contributed by atoms with E-state index in [2.05, 4.69) is 9.97 Å². The summed E-state index contributed by atoms with van der Waals surface area (Å²) in [6.07, 6.45) is 3.18. The third kappa shape index (κ3) is 5.29. The average Bonchev–Trinajstić information content (AvgIpc) is 3.20. The Morgan fingerprint density at radius 2 is 1.74 bits per heavy atom. The van der Waals surface area contributed by atoms with Crippen molar-refractivity contribution in [1.29, 1.82) is 0 Å². The van der Waals surface area contributed by atoms with Crippen molar-refractivity contribution in [2.24, 2.45) is 0 Å². The van der Waals surface area contributed by atoms with Crippen LogP contribution in [-0.2, 0) is 14.2 Å². The van der Waals surface area contributed by atoms with Crippen molar-refractivity contribution in [1.82, 2.24) is 14.7 Å². The maximum atomic E-state index is 14.3. The van der Waals surface area contributed by atoms with E-state index in [1.54, 1.807) is 38.6 Å². The average molecular weight is 486 g/mol. The summed E-state index contributed by atoms with van der Waals surface area (Å²) in [5, 5.41) is 1.31. The Morgan fingerprint density at radius 1 is 0.943 bits per heavy atom. The fourth-order valence-corrected chi connectivity index (χ4v) is 3.71. The molecule has 10 heteroatoms. The SMILES string of the molecule is CCOC(OCC)On1cc(-c2ncnc3cc(OCCOC)c(OC)cc23)c2cc(F)ccc21. The molecule has 0 saturated carbocycles. The largest absolute Gasteiger partial charge is 0.493 e. The molecule has 2 heterocycles. The Kier molecular flexibility index (Phi) is 7.96. The summed E-state index contributed by atoms with van der Waals surface area (Å²) >= 11 is 0. The first kappa shape index (κ1) is 24.6. The molecule has 0 saturated heterocycles. The van der Waals surface area contributed by atoms with E-state index >= 15 is 0 Å². The molecule has 4 aromatic rings. The second kappa shape index (κ2) is 11.3. The highest BCUT2D eigenvalue weighted by atomic mass is 19.1. The van der Waals surface area contributed by atoms with E-state index in [9.17, 15) is 4.39 Å². The van der Waals surface area contributed by atoms with Crippen LogP contribution in [0, 0.1) is 5.82 Å². The highest BCUT2D eigenvalue weighted by Crippen LogP contribution is 2.38. The molecule has 2 aromatic heterocycles. The standard InChI is InChI=1S/C25H28FN3O6/c1-5-32-25(33-6-2)35-29-14-19(17-11-16(26)7-8-21(17)29)24-18-12-22(31-4)23(34-10-9-30-3)13-20(18)27-15-28-24/h7-8,11-15,25H,5-6,9-10H2,1-4H3. The molecular formula is C25H28FN3O6. The van der Waals surface area contributed by atoms with E-state index in [0.29, 0.717) is 71.0 Å². The van der Waals surface area contributed by atoms with Crippen molar-refractivity contribution in [2.45, 2.75) is 20.3 Å². The maximum absolute atomic E-state index is 14.3. The molecule has 0 amide bonds. The number of hydrogen-bond donors (Lipinski definition) is 0. The molecule has 0 aliphatic rings. The summed E-state index contributed by atoms with van der Waals surface area (Å²) in [6, 6.07) is 8.03. The van der Waals surface area contributed by atoms with Crippen LogP contribution in [0.25, 0.3) is 33.1 Å². The van der Waals surface area contributed by atoms with Crippen LogP contribution >= 0.6 is 0 Å². The monoisotopic (exact) mass is 485 g/mol. The number of benzene rings is 2. The number of methoxy groups -OCH3 is 2. The van der Waals surface area contributed by atoms with Crippen LogP contribution in [-0.4, -0.2) is 61.8 Å². The van der Waals surface area contributed by atoms with Gasteiger partial charge < -0.3 is 28.5 Å². The molecular weight excluding hydrogens is 457 g/mol. The van der Waals surface area contributed by atoms with Gasteiger partial charge in [-0.2, -0.15) is 4.73 Å². The lowest BCUT2D eigenvalue weighted by Crippen LogP contribution is -2.30. The molecule has 0 spiro atoms. The van der Waals surface area contributed by atoms with Crippen LogP contribution in [0.5, 0.6) is 11.5 Å². The molecule has 0 aliphatic carbocycles. The number of fused-ring (bicyclic) bond motifs is 2. The Bertz CT molecular complexity index is 1290. The highest BCUT2D eigenvalue weighted by Gasteiger charge is 2.20. The van der Waals surface area contributed by atoms with Crippen molar-refractivity contribution in [3.63, 3.8) is 0 Å². The van der Waals surface area contributed by atoms with Crippen LogP contribution in [0.4, 0.5) is 4.39 Å². The molecule has 0 N–H and O–H groups in total. The lowest BCUT2D eigenvalue weighted by molar-refractivity contribution is -0.282. The number of aromatic nitrogens is 3. The van der Waals surface area contributed by atoms with E-state index in [0.717, 1.165) is 0 Å². The third-order valence-corrected chi connectivity index (χ3v) is 5.26. The van der Waals surface area contributed by atoms with Gasteiger partial charge in [-0.25, -0.2) is 14.4 Å². The quantitative estimate of drug-likeness (QED) is 0.218. The van der Waals surface area contributed by atoms with E-state index in [1.165, 1.54) is 23.2 Å². The molecule has 0 fully saturated rings. The summed E-state index contributed by atoms with van der Waals surface area (Å²) in [4.78, 5) is 14.9. The van der Waals surface area contributed by atoms with Gasteiger partial charge in [0.05, 0.1) is 49.9 Å². The Hall–Kier alpha value is -3.47. The van der Waals surface area contributed by atoms with Gasteiger partial charge >= 0.3 is 6.48 Å². The minimum absolute atomic E-state index is 0.362. The molecule has 0 radical (unpaired) electrons. The van der Waals surface area contributed by atoms with Gasteiger partial charge in [-0.1, -0.05) is 0 Å². The van der Waals surface area contributed by atoms with Crippen LogP contribution < -0.4 is 14.3 Å². The van der Waals surface area contributed by atoms with Gasteiger partial charge in [-0.3, -0.25) is 0 Å². The Morgan fingerprint density at radius 3 is 2.46 bits per heavy atom. The number of halogens is 1. The van der Waals surface area contributed by atoms with E-state index in [1.807, 2.05) is 13.8 Å². The predicted octanol–water partition coefficient (Wildman–Crippen LogP) is 4.21. The fourth-order valence-electron chi connectivity index (χ4n) is 3.71. The first-order valence-electron chi connectivity index (χ1n) is 11.2. The van der Waals surface area contributed by atoms with Crippen LogP contribution in [0.1, 0.15) is 13.8 Å². The van der Waals surface area contributed by atoms with Crippen molar-refractivity contribution >= 4 is 21.8 Å². The van der Waals surface area contributed by atoms with Gasteiger partial charge in [0.2, 0.25) is 0 Å². The fraction of sp³-hybridized carbons (Fsp3) is 0.360. The summed E-state index contributed by atoms with van der Waals surface area (Å²) < 4.78 is 43.3. The summed E-state index contributed by atoms with van der Waals surface area (Å²) in [5.41, 5.74) is 2.50. The minimum atomic E-state index is -0.924. The number of rotatable bonds is 12. The molecule has 0 atom stereocenters. The normalized spacial score (nSPS) is 11.5. The van der Waals surface area contributed by atoms with Gasteiger partial charge in [0, 0.05) is 29.5 Å². The zero-order valence-electron chi connectivity index (χ0n) is 20.1. The molecule has 0 unspecified atom stereocenters. The van der Waals surface area contributed by atoms with E-state index in [-0.39, 0.29) is 5.82 Å². The molecule has 4 rings (SSSR count). The Labute approximate surface area is 202 Å². The summed E-state index contributed by atoms with van der Waals surface area (Å²) in [5.74, 6) is 0.672. The second-order valence-corrected chi connectivity index (χ2v) is 7.42. The van der Waals surface area contributed by atoms with Gasteiger partial charge in [0.15, 0.2) is 11.5 Å². The molecule has 186 valence electrons. The summed E-state index contributed by atoms with van der Waals surface area (Å²) in [7, 11) is 3.17. The molecule has 2 aromatic carbocycles. The van der Waals surface area contributed by atoms with Crippen LogP contribution in [0.3, 0.4) is 0 Å². The summed E-state index contributed by atoms with van der Waals surface area (Å²) in [6.45, 7) is 4.36. The van der Waals surface area contributed by atoms with E-state index in [4.69, 9.17) is 28.5 Å². The molecule has 0 aliphatic heterocycles. The highest BCUT2D eigenvalue weighted by molar-refractivity contribution is 6.03. The zero-order chi connectivity index (χ0) is 24.8. The molecule has 35 heavy (non-hydrogen) atoms. The van der Waals surface area contributed by atoms with Gasteiger partial charge in [-0.15, -0.1) is 0 Å². The van der Waals surface area contributed by atoms with E-state index < -0.39 is 6.48 Å². The van der Waals surface area contributed by atoms with Crippen molar-refractivity contribution < 1.29 is 32.9 Å². The topological polar surface area (TPSA) is 86.1 Å². The molecule has 0 bridgehead atoms. The number of ether oxygens (including phenoxy) is 5. The van der Waals surface area contributed by atoms with Gasteiger partial charge in [0.25, 0.3) is 0 Å². The smallest absolute Gasteiger partial charge is 0.337 e. The van der Waals surface area contributed by atoms with Crippen LogP contribution in [0.15, 0.2) is 42.9 Å². The maximum Gasteiger partial charge on any atom is 0.337 e. The minimum Gasteiger partial charge on any atom is -0.493 e. The number of nitrogens with zero attached hydrogens (tertiary/aromatic N) is 3.